The quantitative estimate of drug-likeness (QED) is 0.402. The van der Waals surface area contributed by atoms with E-state index in [4.69, 9.17) is 0 Å². The van der Waals surface area contributed by atoms with Crippen molar-refractivity contribution in [3.63, 3.8) is 0 Å². The van der Waals surface area contributed by atoms with E-state index >= 15 is 0 Å². The number of nitro benzene ring substituents is 1. The smallest absolute Gasteiger partial charge is 0.269 e. The number of hydrogen-bond donors (Lipinski definition) is 2. The lowest BCUT2D eigenvalue weighted by molar-refractivity contribution is -0.384. The number of nitrogens with zero attached hydrogens (tertiary/aromatic N) is 3. The lowest BCUT2D eigenvalue weighted by Gasteiger charge is -2.07. The second kappa shape index (κ2) is 8.98. The molecule has 1 fully saturated rings. The van der Waals surface area contributed by atoms with E-state index in [1.165, 1.54) is 49.6 Å². The summed E-state index contributed by atoms with van der Waals surface area (Å²) in [6, 6.07) is 4.36. The van der Waals surface area contributed by atoms with Gasteiger partial charge in [-0.15, -0.1) is 5.10 Å². The Labute approximate surface area is 161 Å². The summed E-state index contributed by atoms with van der Waals surface area (Å²) in [5, 5.41) is 21.2. The topological polar surface area (TPSA) is 114 Å². The standard InChI is InChI=1S/C18H23N5O3S/c1-12-10-14(23(25)26)7-8-15(12)19-17(24)11-27-18-20-16(21-22-18)9-6-13-4-2-3-5-13/h7-8,10,13H,2-6,9,11H2,1H3,(H,19,24)(H,20,21,22). The van der Waals surface area contributed by atoms with Gasteiger partial charge in [-0.2, -0.15) is 0 Å². The molecule has 2 aromatic rings. The van der Waals surface area contributed by atoms with Crippen molar-refractivity contribution in [3.05, 3.63) is 39.7 Å². The third kappa shape index (κ3) is 5.53. The van der Waals surface area contributed by atoms with Gasteiger partial charge >= 0.3 is 0 Å². The van der Waals surface area contributed by atoms with E-state index in [9.17, 15) is 14.9 Å². The number of thioether (sulfide) groups is 1. The number of benzene rings is 1. The largest absolute Gasteiger partial charge is 0.325 e. The highest BCUT2D eigenvalue weighted by Gasteiger charge is 2.16. The van der Waals surface area contributed by atoms with Crippen LogP contribution in [0, 0.1) is 23.0 Å². The van der Waals surface area contributed by atoms with E-state index in [1.807, 2.05) is 0 Å². The first-order valence-corrected chi connectivity index (χ1v) is 10.1. The van der Waals surface area contributed by atoms with Crippen molar-refractivity contribution in [2.24, 2.45) is 5.92 Å². The summed E-state index contributed by atoms with van der Waals surface area (Å²) in [6.45, 7) is 1.72. The van der Waals surface area contributed by atoms with Crippen LogP contribution in [0.1, 0.15) is 43.5 Å². The van der Waals surface area contributed by atoms with Crippen molar-refractivity contribution in [3.8, 4) is 0 Å². The molecule has 1 aliphatic rings. The highest BCUT2D eigenvalue weighted by Crippen LogP contribution is 2.28. The van der Waals surface area contributed by atoms with E-state index in [0.717, 1.165) is 24.6 Å². The molecular formula is C18H23N5O3S. The third-order valence-electron chi connectivity index (χ3n) is 4.80. The average molecular weight is 389 g/mol. The summed E-state index contributed by atoms with van der Waals surface area (Å²) in [6.07, 6.45) is 7.35. The predicted octanol–water partition coefficient (Wildman–Crippen LogP) is 3.87. The molecule has 8 nitrogen and oxygen atoms in total. The molecule has 3 rings (SSSR count). The number of aromatic amines is 1. The van der Waals surface area contributed by atoms with Crippen molar-refractivity contribution >= 4 is 29.0 Å². The Balaban J connectivity index is 1.45. The van der Waals surface area contributed by atoms with Gasteiger partial charge in [0.2, 0.25) is 11.1 Å². The van der Waals surface area contributed by atoms with Crippen LogP contribution in [-0.2, 0) is 11.2 Å². The number of non-ortho nitro benzene ring substituents is 1. The van der Waals surface area contributed by atoms with Crippen molar-refractivity contribution in [2.75, 3.05) is 11.1 Å². The lowest BCUT2D eigenvalue weighted by Crippen LogP contribution is -2.15. The summed E-state index contributed by atoms with van der Waals surface area (Å²) in [5.74, 6) is 1.66. The van der Waals surface area contributed by atoms with E-state index in [0.29, 0.717) is 16.4 Å². The van der Waals surface area contributed by atoms with Gasteiger partial charge < -0.3 is 5.32 Å². The van der Waals surface area contributed by atoms with Crippen LogP contribution in [0.2, 0.25) is 0 Å². The molecule has 1 aliphatic carbocycles. The van der Waals surface area contributed by atoms with Crippen molar-refractivity contribution in [1.29, 1.82) is 0 Å². The van der Waals surface area contributed by atoms with Crippen LogP contribution in [0.3, 0.4) is 0 Å². The Morgan fingerprint density at radius 1 is 1.41 bits per heavy atom. The van der Waals surface area contributed by atoms with Crippen molar-refractivity contribution in [2.45, 2.75) is 50.6 Å². The molecule has 2 N–H and O–H groups in total. The summed E-state index contributed by atoms with van der Waals surface area (Å²) >= 11 is 1.27. The second-order valence-corrected chi connectivity index (χ2v) is 7.79. The number of amides is 1. The lowest BCUT2D eigenvalue weighted by atomic mass is 10.0. The Hall–Kier alpha value is -2.42. The first-order chi connectivity index (χ1) is 13.0. The fraction of sp³-hybridized carbons (Fsp3) is 0.500. The summed E-state index contributed by atoms with van der Waals surface area (Å²) in [7, 11) is 0. The SMILES string of the molecule is Cc1cc([N+](=O)[O-])ccc1NC(=O)CSc1n[nH]c(CCC2CCCC2)n1. The number of rotatable bonds is 8. The minimum atomic E-state index is -0.456. The Morgan fingerprint density at radius 3 is 2.89 bits per heavy atom. The van der Waals surface area contributed by atoms with Gasteiger partial charge in [0.25, 0.3) is 5.69 Å². The molecule has 0 aliphatic heterocycles. The van der Waals surface area contributed by atoms with E-state index in [1.54, 1.807) is 13.0 Å². The van der Waals surface area contributed by atoms with Gasteiger partial charge in [0.15, 0.2) is 0 Å². The molecule has 1 aromatic carbocycles. The molecule has 1 saturated carbocycles. The molecule has 0 radical (unpaired) electrons. The van der Waals surface area contributed by atoms with Crippen molar-refractivity contribution < 1.29 is 9.72 Å². The highest BCUT2D eigenvalue weighted by molar-refractivity contribution is 7.99. The molecule has 0 saturated heterocycles. The summed E-state index contributed by atoms with van der Waals surface area (Å²) < 4.78 is 0. The van der Waals surface area contributed by atoms with Crippen LogP contribution in [0.5, 0.6) is 0 Å². The van der Waals surface area contributed by atoms with E-state index < -0.39 is 4.92 Å². The van der Waals surface area contributed by atoms with Crippen molar-refractivity contribution in [1.82, 2.24) is 15.2 Å². The zero-order valence-corrected chi connectivity index (χ0v) is 16.1. The fourth-order valence-corrected chi connectivity index (χ4v) is 3.93. The Morgan fingerprint density at radius 2 is 2.19 bits per heavy atom. The molecule has 27 heavy (non-hydrogen) atoms. The maximum absolute atomic E-state index is 12.1. The number of H-pyrrole nitrogens is 1. The average Bonchev–Trinajstić information content (AvgIpc) is 3.31. The summed E-state index contributed by atoms with van der Waals surface area (Å²) in [4.78, 5) is 26.9. The zero-order valence-electron chi connectivity index (χ0n) is 15.2. The van der Waals surface area contributed by atoms with Crippen LogP contribution >= 0.6 is 11.8 Å². The Bertz CT molecular complexity index is 817. The van der Waals surface area contributed by atoms with Gasteiger partial charge in [0.05, 0.1) is 10.7 Å². The molecule has 0 atom stereocenters. The van der Waals surface area contributed by atoms with Crippen LogP contribution in [0.15, 0.2) is 23.4 Å². The number of carbonyl (C=O) groups excluding carboxylic acids is 1. The predicted molar refractivity (Wildman–Crippen MR) is 104 cm³/mol. The number of aromatic nitrogens is 3. The van der Waals surface area contributed by atoms with Gasteiger partial charge in [0.1, 0.15) is 5.82 Å². The normalized spacial score (nSPS) is 14.4. The van der Waals surface area contributed by atoms with E-state index in [-0.39, 0.29) is 17.3 Å². The molecule has 0 spiro atoms. The number of nitro groups is 1. The van der Waals surface area contributed by atoms with Crippen LogP contribution in [0.25, 0.3) is 0 Å². The molecule has 9 heteroatoms. The number of anilines is 1. The molecule has 1 amide bonds. The van der Waals surface area contributed by atoms with Gasteiger partial charge in [-0.25, -0.2) is 4.98 Å². The van der Waals surface area contributed by atoms with Gasteiger partial charge in [-0.1, -0.05) is 37.4 Å². The molecule has 1 heterocycles. The van der Waals surface area contributed by atoms with Gasteiger partial charge in [-0.3, -0.25) is 20.0 Å². The Kier molecular flexibility index (Phi) is 6.44. The highest BCUT2D eigenvalue weighted by atomic mass is 32.2. The first-order valence-electron chi connectivity index (χ1n) is 9.10. The third-order valence-corrected chi connectivity index (χ3v) is 5.65. The maximum atomic E-state index is 12.1. The maximum Gasteiger partial charge on any atom is 0.269 e. The minimum Gasteiger partial charge on any atom is -0.325 e. The molecule has 1 aromatic heterocycles. The van der Waals surface area contributed by atoms with E-state index in [2.05, 4.69) is 20.5 Å². The fourth-order valence-electron chi connectivity index (χ4n) is 3.31. The van der Waals surface area contributed by atoms with Crippen LogP contribution < -0.4 is 5.32 Å². The number of aryl methyl sites for hydroxylation is 2. The number of carbonyl (C=O) groups is 1. The number of nitrogens with one attached hydrogen (secondary N) is 2. The van der Waals surface area contributed by atoms with Gasteiger partial charge in [0, 0.05) is 24.2 Å². The number of hydrogen-bond acceptors (Lipinski definition) is 6. The van der Waals surface area contributed by atoms with Crippen LogP contribution in [-0.4, -0.2) is 31.8 Å². The molecule has 144 valence electrons. The van der Waals surface area contributed by atoms with Crippen LogP contribution in [0.4, 0.5) is 11.4 Å². The first kappa shape index (κ1) is 19.3. The zero-order chi connectivity index (χ0) is 19.2. The second-order valence-electron chi connectivity index (χ2n) is 6.85. The summed E-state index contributed by atoms with van der Waals surface area (Å²) in [5.41, 5.74) is 1.22. The monoisotopic (exact) mass is 389 g/mol. The minimum absolute atomic E-state index is 0.00531. The molecule has 0 unspecified atom stereocenters. The molecular weight excluding hydrogens is 366 g/mol. The molecule has 0 bridgehead atoms. The van der Waals surface area contributed by atoms with Gasteiger partial charge in [-0.05, 0) is 30.9 Å².